The Morgan fingerprint density at radius 2 is 1.96 bits per heavy atom. The third kappa shape index (κ3) is 5.49. The normalized spacial score (nSPS) is 10.0. The van der Waals surface area contributed by atoms with Crippen molar-refractivity contribution in [1.29, 1.82) is 0 Å². The van der Waals surface area contributed by atoms with Crippen LogP contribution < -0.4 is 20.1 Å². The number of pyridine rings is 1. The Bertz CT molecular complexity index is 720. The quantitative estimate of drug-likeness (QED) is 0.759. The van der Waals surface area contributed by atoms with Crippen LogP contribution in [-0.4, -0.2) is 37.1 Å². The average molecular weight is 343 g/mol. The minimum absolute atomic E-state index is 0.0834. The van der Waals surface area contributed by atoms with E-state index in [9.17, 15) is 9.59 Å². The number of carbonyl (C=O) groups excluding carboxylic acids is 2. The van der Waals surface area contributed by atoms with Crippen molar-refractivity contribution < 1.29 is 19.1 Å². The first-order valence-corrected chi connectivity index (χ1v) is 7.89. The summed E-state index contributed by atoms with van der Waals surface area (Å²) in [6.07, 6.45) is 1.57. The average Bonchev–Trinajstić information content (AvgIpc) is 2.65. The number of ether oxygens (including phenoxy) is 2. The van der Waals surface area contributed by atoms with E-state index < -0.39 is 0 Å². The van der Waals surface area contributed by atoms with E-state index in [-0.39, 0.29) is 18.4 Å². The fourth-order valence-electron chi connectivity index (χ4n) is 2.10. The number of aromatic nitrogens is 1. The first-order chi connectivity index (χ1) is 12.1. The number of hydrogen-bond donors (Lipinski definition) is 2. The van der Waals surface area contributed by atoms with Gasteiger partial charge in [0.25, 0.3) is 11.8 Å². The van der Waals surface area contributed by atoms with Gasteiger partial charge in [-0.25, -0.2) is 0 Å². The number of hydrogen-bond acceptors (Lipinski definition) is 5. The molecule has 0 aliphatic heterocycles. The summed E-state index contributed by atoms with van der Waals surface area (Å²) in [6.45, 7) is 2.63. The van der Waals surface area contributed by atoms with Crippen molar-refractivity contribution in [2.45, 2.75) is 13.5 Å². The van der Waals surface area contributed by atoms with Crippen LogP contribution in [0.25, 0.3) is 0 Å². The fourth-order valence-corrected chi connectivity index (χ4v) is 2.10. The highest BCUT2D eigenvalue weighted by atomic mass is 16.5. The number of likely N-dealkylation sites (N-methyl/N-ethyl adjacent to an activating group) is 1. The molecular formula is C18H21N3O4. The molecule has 25 heavy (non-hydrogen) atoms. The second kappa shape index (κ2) is 9.27. The lowest BCUT2D eigenvalue weighted by molar-refractivity contribution is -0.123. The molecule has 0 atom stereocenters. The Balaban J connectivity index is 1.96. The van der Waals surface area contributed by atoms with Gasteiger partial charge in [0.2, 0.25) is 0 Å². The number of methoxy groups -OCH3 is 1. The lowest BCUT2D eigenvalue weighted by Gasteiger charge is -2.12. The molecule has 0 saturated carbocycles. The van der Waals surface area contributed by atoms with Crippen LogP contribution in [0.15, 0.2) is 42.6 Å². The SMILES string of the molecule is CCNC(=O)COc1ccc(CNC(=O)c2ccccn2)cc1OC. The largest absolute Gasteiger partial charge is 0.493 e. The van der Waals surface area contributed by atoms with Crippen LogP contribution in [0, 0.1) is 0 Å². The van der Waals surface area contributed by atoms with E-state index in [2.05, 4.69) is 15.6 Å². The highest BCUT2D eigenvalue weighted by molar-refractivity contribution is 5.92. The van der Waals surface area contributed by atoms with Crippen molar-refractivity contribution in [2.75, 3.05) is 20.3 Å². The summed E-state index contributed by atoms with van der Waals surface area (Å²) in [4.78, 5) is 27.5. The maximum absolute atomic E-state index is 12.0. The first-order valence-electron chi connectivity index (χ1n) is 7.89. The number of carbonyl (C=O) groups is 2. The number of benzene rings is 1. The van der Waals surface area contributed by atoms with Gasteiger partial charge in [-0.15, -0.1) is 0 Å². The van der Waals surface area contributed by atoms with Crippen LogP contribution in [0.2, 0.25) is 0 Å². The summed E-state index contributed by atoms with van der Waals surface area (Å²) in [7, 11) is 1.52. The van der Waals surface area contributed by atoms with Gasteiger partial charge in [0.15, 0.2) is 18.1 Å². The standard InChI is InChI=1S/C18H21N3O4/c1-3-19-17(22)12-25-15-8-7-13(10-16(15)24-2)11-21-18(23)14-6-4-5-9-20-14/h4-10H,3,11-12H2,1-2H3,(H,19,22)(H,21,23). The molecule has 0 aliphatic rings. The van der Waals surface area contributed by atoms with Gasteiger partial charge in [-0.05, 0) is 36.8 Å². The van der Waals surface area contributed by atoms with Gasteiger partial charge in [0.05, 0.1) is 7.11 Å². The molecule has 1 aromatic carbocycles. The summed E-state index contributed by atoms with van der Waals surface area (Å²) in [5.41, 5.74) is 1.20. The summed E-state index contributed by atoms with van der Waals surface area (Å²) >= 11 is 0. The molecule has 2 N–H and O–H groups in total. The highest BCUT2D eigenvalue weighted by Crippen LogP contribution is 2.28. The summed E-state index contributed by atoms with van der Waals surface area (Å²) in [6, 6.07) is 10.4. The molecule has 0 aliphatic carbocycles. The smallest absolute Gasteiger partial charge is 0.270 e. The zero-order valence-corrected chi connectivity index (χ0v) is 14.2. The van der Waals surface area contributed by atoms with E-state index in [4.69, 9.17) is 9.47 Å². The van der Waals surface area contributed by atoms with E-state index in [0.29, 0.717) is 30.3 Å². The zero-order chi connectivity index (χ0) is 18.1. The third-order valence-corrected chi connectivity index (χ3v) is 3.31. The maximum Gasteiger partial charge on any atom is 0.270 e. The minimum Gasteiger partial charge on any atom is -0.493 e. The second-order valence-corrected chi connectivity index (χ2v) is 5.13. The lowest BCUT2D eigenvalue weighted by atomic mass is 10.2. The molecule has 0 spiro atoms. The molecule has 2 amide bonds. The van der Waals surface area contributed by atoms with Crippen molar-refractivity contribution in [1.82, 2.24) is 15.6 Å². The molecule has 0 radical (unpaired) electrons. The molecule has 2 rings (SSSR count). The Morgan fingerprint density at radius 3 is 2.64 bits per heavy atom. The van der Waals surface area contributed by atoms with Crippen LogP contribution in [0.4, 0.5) is 0 Å². The van der Waals surface area contributed by atoms with Gasteiger partial charge in [-0.1, -0.05) is 12.1 Å². The van der Waals surface area contributed by atoms with Gasteiger partial charge in [0, 0.05) is 19.3 Å². The van der Waals surface area contributed by atoms with E-state index in [1.807, 2.05) is 6.92 Å². The second-order valence-electron chi connectivity index (χ2n) is 5.13. The molecule has 0 fully saturated rings. The van der Waals surface area contributed by atoms with Crippen LogP contribution >= 0.6 is 0 Å². The summed E-state index contributed by atoms with van der Waals surface area (Å²) in [5, 5.41) is 5.45. The number of amides is 2. The van der Waals surface area contributed by atoms with Gasteiger partial charge in [-0.3, -0.25) is 14.6 Å². The Labute approximate surface area is 146 Å². The summed E-state index contributed by atoms with van der Waals surface area (Å²) in [5.74, 6) is 0.509. The van der Waals surface area contributed by atoms with Gasteiger partial charge >= 0.3 is 0 Å². The van der Waals surface area contributed by atoms with Crippen LogP contribution in [0.1, 0.15) is 23.0 Å². The molecule has 7 nitrogen and oxygen atoms in total. The van der Waals surface area contributed by atoms with Gasteiger partial charge in [-0.2, -0.15) is 0 Å². The molecule has 1 heterocycles. The fraction of sp³-hybridized carbons (Fsp3) is 0.278. The first kappa shape index (κ1) is 18.3. The zero-order valence-electron chi connectivity index (χ0n) is 14.2. The van der Waals surface area contributed by atoms with Gasteiger partial charge in [0.1, 0.15) is 5.69 Å². The summed E-state index contributed by atoms with van der Waals surface area (Å²) < 4.78 is 10.7. The Kier molecular flexibility index (Phi) is 6.76. The topological polar surface area (TPSA) is 89.6 Å². The lowest BCUT2D eigenvalue weighted by Crippen LogP contribution is -2.28. The van der Waals surface area contributed by atoms with Gasteiger partial charge < -0.3 is 20.1 Å². The Morgan fingerprint density at radius 1 is 1.12 bits per heavy atom. The Hall–Kier alpha value is -3.09. The predicted molar refractivity (Wildman–Crippen MR) is 92.6 cm³/mol. The molecular weight excluding hydrogens is 322 g/mol. The third-order valence-electron chi connectivity index (χ3n) is 3.31. The molecule has 132 valence electrons. The number of rotatable bonds is 8. The van der Waals surface area contributed by atoms with E-state index in [1.165, 1.54) is 7.11 Å². The number of nitrogens with one attached hydrogen (secondary N) is 2. The number of nitrogens with zero attached hydrogens (tertiary/aromatic N) is 1. The van der Waals surface area contributed by atoms with E-state index in [0.717, 1.165) is 5.56 Å². The van der Waals surface area contributed by atoms with Crippen molar-refractivity contribution in [3.63, 3.8) is 0 Å². The molecule has 0 unspecified atom stereocenters. The van der Waals surface area contributed by atoms with Crippen molar-refractivity contribution in [2.24, 2.45) is 0 Å². The predicted octanol–water partition coefficient (Wildman–Crippen LogP) is 1.54. The minimum atomic E-state index is -0.254. The highest BCUT2D eigenvalue weighted by Gasteiger charge is 2.10. The monoisotopic (exact) mass is 343 g/mol. The molecule has 1 aromatic heterocycles. The van der Waals surface area contributed by atoms with E-state index in [1.54, 1.807) is 42.6 Å². The molecule has 0 saturated heterocycles. The van der Waals surface area contributed by atoms with Crippen molar-refractivity contribution in [3.8, 4) is 11.5 Å². The van der Waals surface area contributed by atoms with Crippen molar-refractivity contribution >= 4 is 11.8 Å². The maximum atomic E-state index is 12.0. The molecule has 0 bridgehead atoms. The van der Waals surface area contributed by atoms with Crippen LogP contribution in [0.3, 0.4) is 0 Å². The van der Waals surface area contributed by atoms with Crippen LogP contribution in [0.5, 0.6) is 11.5 Å². The van der Waals surface area contributed by atoms with Crippen molar-refractivity contribution in [3.05, 3.63) is 53.9 Å². The van der Waals surface area contributed by atoms with Crippen LogP contribution in [-0.2, 0) is 11.3 Å². The van der Waals surface area contributed by atoms with E-state index >= 15 is 0 Å². The molecule has 2 aromatic rings. The molecule has 7 heteroatoms.